The van der Waals surface area contributed by atoms with E-state index in [1.165, 1.54) is 0 Å². The number of nitrogens with one attached hydrogen (secondary N) is 1. The molecule has 0 radical (unpaired) electrons. The molecule has 0 aliphatic carbocycles. The Morgan fingerprint density at radius 3 is 3.06 bits per heavy atom. The van der Waals surface area contributed by atoms with Gasteiger partial charge in [0.15, 0.2) is 0 Å². The summed E-state index contributed by atoms with van der Waals surface area (Å²) in [6.45, 7) is 5.32. The molecule has 5 heteroatoms. The summed E-state index contributed by atoms with van der Waals surface area (Å²) >= 11 is 0. The van der Waals surface area contributed by atoms with E-state index in [2.05, 4.69) is 21.3 Å². The predicted molar refractivity (Wildman–Crippen MR) is 69.2 cm³/mol. The maximum atomic E-state index is 6.00. The second-order valence-corrected chi connectivity index (χ2v) is 4.66. The third kappa shape index (κ3) is 2.57. The van der Waals surface area contributed by atoms with Crippen molar-refractivity contribution in [2.45, 2.75) is 12.5 Å². The van der Waals surface area contributed by atoms with E-state index in [1.54, 1.807) is 6.20 Å². The van der Waals surface area contributed by atoms with Crippen molar-refractivity contribution in [1.82, 2.24) is 10.3 Å². The zero-order valence-corrected chi connectivity index (χ0v) is 10.5. The lowest BCUT2D eigenvalue weighted by molar-refractivity contribution is 0.122. The Bertz CT molecular complexity index is 388. The molecule has 3 heterocycles. The topological polar surface area (TPSA) is 46.6 Å². The van der Waals surface area contributed by atoms with Crippen LogP contribution < -0.4 is 15.0 Å². The molecule has 0 saturated carbocycles. The van der Waals surface area contributed by atoms with Gasteiger partial charge in [0, 0.05) is 25.8 Å². The smallest absolute Gasteiger partial charge is 0.237 e. The molecule has 5 nitrogen and oxygen atoms in total. The molecule has 3 rings (SSSR count). The third-order valence-corrected chi connectivity index (χ3v) is 3.40. The summed E-state index contributed by atoms with van der Waals surface area (Å²) < 4.78 is 11.4. The van der Waals surface area contributed by atoms with Gasteiger partial charge in [-0.05, 0) is 25.1 Å². The minimum absolute atomic E-state index is 0.250. The van der Waals surface area contributed by atoms with Crippen molar-refractivity contribution in [1.29, 1.82) is 0 Å². The van der Waals surface area contributed by atoms with E-state index in [9.17, 15) is 0 Å². The van der Waals surface area contributed by atoms with Gasteiger partial charge >= 0.3 is 0 Å². The highest BCUT2D eigenvalue weighted by Gasteiger charge is 2.21. The molecule has 2 fully saturated rings. The monoisotopic (exact) mass is 249 g/mol. The molecule has 0 spiro atoms. The Hall–Kier alpha value is -1.33. The fourth-order valence-electron chi connectivity index (χ4n) is 2.40. The number of hydrogen-bond acceptors (Lipinski definition) is 5. The van der Waals surface area contributed by atoms with Crippen molar-refractivity contribution in [3.8, 4) is 5.88 Å². The van der Waals surface area contributed by atoms with Crippen molar-refractivity contribution < 1.29 is 9.47 Å². The Morgan fingerprint density at radius 2 is 2.28 bits per heavy atom. The van der Waals surface area contributed by atoms with E-state index < -0.39 is 0 Å². The lowest BCUT2D eigenvalue weighted by Gasteiger charge is -2.30. The van der Waals surface area contributed by atoms with Gasteiger partial charge in [0.05, 0.1) is 13.2 Å². The van der Waals surface area contributed by atoms with Crippen LogP contribution in [0.25, 0.3) is 0 Å². The van der Waals surface area contributed by atoms with Crippen LogP contribution in [0.2, 0.25) is 0 Å². The van der Waals surface area contributed by atoms with E-state index in [4.69, 9.17) is 9.47 Å². The van der Waals surface area contributed by atoms with Crippen molar-refractivity contribution in [2.24, 2.45) is 0 Å². The highest BCUT2D eigenvalue weighted by atomic mass is 16.5. The lowest BCUT2D eigenvalue weighted by Crippen LogP contribution is -2.36. The summed E-state index contributed by atoms with van der Waals surface area (Å²) in [7, 11) is 0. The number of aromatic nitrogens is 1. The first-order chi connectivity index (χ1) is 8.93. The predicted octanol–water partition coefficient (Wildman–Crippen LogP) is 0.659. The van der Waals surface area contributed by atoms with Crippen molar-refractivity contribution in [2.75, 3.05) is 44.3 Å². The van der Waals surface area contributed by atoms with Gasteiger partial charge in [-0.25, -0.2) is 4.98 Å². The third-order valence-electron chi connectivity index (χ3n) is 3.40. The lowest BCUT2D eigenvalue weighted by atomic mass is 10.3. The van der Waals surface area contributed by atoms with Gasteiger partial charge in [-0.1, -0.05) is 0 Å². The number of anilines is 1. The van der Waals surface area contributed by atoms with E-state index in [-0.39, 0.29) is 6.10 Å². The minimum atomic E-state index is 0.250. The molecule has 98 valence electrons. The van der Waals surface area contributed by atoms with Gasteiger partial charge in [0.1, 0.15) is 11.8 Å². The normalized spacial score (nSPS) is 24.2. The van der Waals surface area contributed by atoms with Crippen LogP contribution in [0.5, 0.6) is 5.88 Å². The first-order valence-electron chi connectivity index (χ1n) is 6.58. The van der Waals surface area contributed by atoms with Gasteiger partial charge in [-0.3, -0.25) is 0 Å². The maximum Gasteiger partial charge on any atom is 0.237 e. The highest BCUT2D eigenvalue weighted by Crippen LogP contribution is 2.27. The zero-order valence-electron chi connectivity index (χ0n) is 10.5. The first-order valence-corrected chi connectivity index (χ1v) is 6.58. The number of morpholine rings is 1. The van der Waals surface area contributed by atoms with Crippen LogP contribution in [-0.4, -0.2) is 50.5 Å². The first kappa shape index (κ1) is 11.7. The molecule has 2 aliphatic heterocycles. The van der Waals surface area contributed by atoms with Gasteiger partial charge in [-0.2, -0.15) is 0 Å². The van der Waals surface area contributed by atoms with Gasteiger partial charge in [-0.15, -0.1) is 0 Å². The highest BCUT2D eigenvalue weighted by molar-refractivity contribution is 5.55. The molecule has 0 bridgehead atoms. The largest absolute Gasteiger partial charge is 0.471 e. The van der Waals surface area contributed by atoms with Crippen molar-refractivity contribution in [3.05, 3.63) is 18.3 Å². The van der Waals surface area contributed by atoms with E-state index in [0.717, 1.165) is 57.4 Å². The molecule has 0 amide bonds. The van der Waals surface area contributed by atoms with Crippen LogP contribution in [0.15, 0.2) is 18.3 Å². The average Bonchev–Trinajstić information content (AvgIpc) is 2.93. The molecule has 2 aliphatic rings. The summed E-state index contributed by atoms with van der Waals surface area (Å²) in [6, 6.07) is 4.04. The maximum absolute atomic E-state index is 6.00. The van der Waals surface area contributed by atoms with Gasteiger partial charge in [0.25, 0.3) is 0 Å². The zero-order chi connectivity index (χ0) is 12.2. The molecule has 2 saturated heterocycles. The van der Waals surface area contributed by atoms with E-state index in [0.29, 0.717) is 0 Å². The second-order valence-electron chi connectivity index (χ2n) is 4.66. The quantitative estimate of drug-likeness (QED) is 0.852. The molecule has 1 aromatic heterocycles. The Kier molecular flexibility index (Phi) is 3.61. The fraction of sp³-hybridized carbons (Fsp3) is 0.615. The molecule has 0 unspecified atom stereocenters. The van der Waals surface area contributed by atoms with Crippen molar-refractivity contribution >= 4 is 5.69 Å². The van der Waals surface area contributed by atoms with Crippen LogP contribution in [0.4, 0.5) is 5.69 Å². The number of pyridine rings is 1. The minimum Gasteiger partial charge on any atom is -0.471 e. The van der Waals surface area contributed by atoms with Gasteiger partial charge < -0.3 is 19.7 Å². The SMILES string of the molecule is c1cnc(O[C@H]2CCNC2)c(N2CCOCC2)c1. The molecule has 1 N–H and O–H groups in total. The molecule has 18 heavy (non-hydrogen) atoms. The average molecular weight is 249 g/mol. The second kappa shape index (κ2) is 5.54. The van der Waals surface area contributed by atoms with Crippen LogP contribution in [-0.2, 0) is 4.74 Å². The molecule has 1 aromatic rings. The van der Waals surface area contributed by atoms with Gasteiger partial charge in [0.2, 0.25) is 5.88 Å². The van der Waals surface area contributed by atoms with Crippen LogP contribution in [0.1, 0.15) is 6.42 Å². The Balaban J connectivity index is 1.75. The summed E-state index contributed by atoms with van der Waals surface area (Å²) in [5.41, 5.74) is 1.09. The molecule has 0 aromatic carbocycles. The Morgan fingerprint density at radius 1 is 1.39 bits per heavy atom. The summed E-state index contributed by atoms with van der Waals surface area (Å²) in [5.74, 6) is 0.758. The summed E-state index contributed by atoms with van der Waals surface area (Å²) in [4.78, 5) is 6.67. The summed E-state index contributed by atoms with van der Waals surface area (Å²) in [5, 5.41) is 3.31. The number of rotatable bonds is 3. The Labute approximate surface area is 107 Å². The molecule has 1 atom stereocenters. The van der Waals surface area contributed by atoms with E-state index in [1.807, 2.05) is 6.07 Å². The number of nitrogens with zero attached hydrogens (tertiary/aromatic N) is 2. The van der Waals surface area contributed by atoms with Crippen LogP contribution in [0.3, 0.4) is 0 Å². The van der Waals surface area contributed by atoms with Crippen LogP contribution in [0, 0.1) is 0 Å². The number of hydrogen-bond donors (Lipinski definition) is 1. The standard InChI is InChI=1S/C13H19N3O2/c1-2-12(16-6-8-17-9-7-16)13(15-4-1)18-11-3-5-14-10-11/h1-2,4,11,14H,3,5-10H2/t11-/m0/s1. The molecular formula is C13H19N3O2. The summed E-state index contributed by atoms with van der Waals surface area (Å²) in [6.07, 6.45) is 3.10. The van der Waals surface area contributed by atoms with E-state index >= 15 is 0 Å². The number of ether oxygens (including phenoxy) is 2. The molecular weight excluding hydrogens is 230 g/mol. The fourth-order valence-corrected chi connectivity index (χ4v) is 2.40. The van der Waals surface area contributed by atoms with Crippen LogP contribution >= 0.6 is 0 Å². The van der Waals surface area contributed by atoms with Crippen molar-refractivity contribution in [3.63, 3.8) is 0 Å².